The number of hydrogen-bond donors (Lipinski definition) is 2. The lowest BCUT2D eigenvalue weighted by Gasteiger charge is -2.27. The minimum absolute atomic E-state index is 0.0250. The summed E-state index contributed by atoms with van der Waals surface area (Å²) in [6.45, 7) is 3.13. The normalized spacial score (nSPS) is 14.0. The van der Waals surface area contributed by atoms with Crippen LogP contribution in [-0.2, 0) is 11.3 Å². The van der Waals surface area contributed by atoms with Gasteiger partial charge in [0.15, 0.2) is 5.11 Å². The van der Waals surface area contributed by atoms with Gasteiger partial charge in [0.05, 0.1) is 30.8 Å². The van der Waals surface area contributed by atoms with E-state index in [1.54, 1.807) is 28.6 Å². The number of halogens is 2. The number of ether oxygens (including phenoxy) is 2. The van der Waals surface area contributed by atoms with E-state index >= 15 is 0 Å². The van der Waals surface area contributed by atoms with Crippen LogP contribution in [0.25, 0.3) is 0 Å². The second kappa shape index (κ2) is 9.81. The van der Waals surface area contributed by atoms with E-state index < -0.39 is 6.61 Å². The van der Waals surface area contributed by atoms with E-state index in [-0.39, 0.29) is 22.5 Å². The molecule has 0 unspecified atom stereocenters. The maximum absolute atomic E-state index is 13.0. The molecule has 0 atom stereocenters. The molecule has 1 aliphatic rings. The monoisotopic (exact) mass is 439 g/mol. The number of carbonyl (C=O) groups is 1. The highest BCUT2D eigenvalue weighted by atomic mass is 32.1. The molecule has 162 valence electrons. The maximum atomic E-state index is 13.0. The first-order valence-corrected chi connectivity index (χ1v) is 9.86. The Morgan fingerprint density at radius 2 is 2.00 bits per heavy atom. The van der Waals surface area contributed by atoms with E-state index in [1.165, 1.54) is 12.3 Å². The molecule has 1 fully saturated rings. The summed E-state index contributed by atoms with van der Waals surface area (Å²) in [4.78, 5) is 14.7. The van der Waals surface area contributed by atoms with Gasteiger partial charge in [-0.25, -0.2) is 0 Å². The molecular formula is C19H23F2N5O3S. The Morgan fingerprint density at radius 1 is 1.30 bits per heavy atom. The van der Waals surface area contributed by atoms with E-state index in [4.69, 9.17) is 17.0 Å². The van der Waals surface area contributed by atoms with Gasteiger partial charge in [-0.1, -0.05) is 6.07 Å². The summed E-state index contributed by atoms with van der Waals surface area (Å²) < 4.78 is 36.9. The Labute approximate surface area is 178 Å². The molecule has 0 radical (unpaired) electrons. The highest BCUT2D eigenvalue weighted by Crippen LogP contribution is 2.28. The SMILES string of the molecule is CCn1ncc(NC(=S)Nc2ccc(C)cc2OC(F)F)c1C(=O)N1CCOCC1. The Morgan fingerprint density at radius 3 is 2.67 bits per heavy atom. The minimum atomic E-state index is -2.96. The number of carbonyl (C=O) groups excluding carboxylic acids is 1. The van der Waals surface area contributed by atoms with Crippen LogP contribution in [0.2, 0.25) is 0 Å². The largest absolute Gasteiger partial charge is 0.433 e. The summed E-state index contributed by atoms with van der Waals surface area (Å²) in [5.74, 6) is -0.206. The zero-order chi connectivity index (χ0) is 21.7. The van der Waals surface area contributed by atoms with E-state index in [9.17, 15) is 13.6 Å². The Kier molecular flexibility index (Phi) is 7.16. The number of amides is 1. The first-order chi connectivity index (χ1) is 14.4. The van der Waals surface area contributed by atoms with Crippen LogP contribution in [0.15, 0.2) is 24.4 Å². The predicted octanol–water partition coefficient (Wildman–Crippen LogP) is 3.09. The van der Waals surface area contributed by atoms with Gasteiger partial charge in [-0.15, -0.1) is 0 Å². The van der Waals surface area contributed by atoms with Crippen LogP contribution in [0.3, 0.4) is 0 Å². The van der Waals surface area contributed by atoms with E-state index in [0.717, 1.165) is 5.56 Å². The number of nitrogens with zero attached hydrogens (tertiary/aromatic N) is 3. The molecule has 0 aliphatic carbocycles. The predicted molar refractivity (Wildman–Crippen MR) is 112 cm³/mol. The van der Waals surface area contributed by atoms with Crippen molar-refractivity contribution in [2.75, 3.05) is 36.9 Å². The number of nitrogens with one attached hydrogen (secondary N) is 2. The molecule has 1 amide bonds. The van der Waals surface area contributed by atoms with Crippen molar-refractivity contribution in [1.82, 2.24) is 14.7 Å². The van der Waals surface area contributed by atoms with Gasteiger partial charge in [-0.05, 0) is 43.8 Å². The molecule has 1 aliphatic heterocycles. The first-order valence-electron chi connectivity index (χ1n) is 9.45. The number of alkyl halides is 2. The van der Waals surface area contributed by atoms with Crippen molar-refractivity contribution in [3.05, 3.63) is 35.7 Å². The summed E-state index contributed by atoms with van der Waals surface area (Å²) in [5, 5.41) is 10.1. The van der Waals surface area contributed by atoms with E-state index in [0.29, 0.717) is 44.2 Å². The molecule has 1 aromatic heterocycles. The summed E-state index contributed by atoms with van der Waals surface area (Å²) in [5.41, 5.74) is 1.84. The minimum Gasteiger partial charge on any atom is -0.433 e. The topological polar surface area (TPSA) is 80.7 Å². The van der Waals surface area contributed by atoms with Gasteiger partial charge in [-0.2, -0.15) is 13.9 Å². The number of hydrogen-bond acceptors (Lipinski definition) is 5. The lowest BCUT2D eigenvalue weighted by molar-refractivity contribution is -0.0493. The Hall–Kier alpha value is -2.79. The summed E-state index contributed by atoms with van der Waals surface area (Å²) in [7, 11) is 0. The molecule has 2 aromatic rings. The van der Waals surface area contributed by atoms with E-state index in [2.05, 4.69) is 20.5 Å². The summed E-state index contributed by atoms with van der Waals surface area (Å²) >= 11 is 5.33. The van der Waals surface area contributed by atoms with Crippen molar-refractivity contribution >= 4 is 34.6 Å². The van der Waals surface area contributed by atoms with Crippen molar-refractivity contribution in [2.45, 2.75) is 27.0 Å². The fraction of sp³-hybridized carbons (Fsp3) is 0.421. The molecule has 0 spiro atoms. The van der Waals surface area contributed by atoms with Crippen LogP contribution in [-0.4, -0.2) is 58.6 Å². The summed E-state index contributed by atoms with van der Waals surface area (Å²) in [6, 6.07) is 4.82. The highest BCUT2D eigenvalue weighted by molar-refractivity contribution is 7.80. The van der Waals surface area contributed by atoms with Crippen molar-refractivity contribution in [1.29, 1.82) is 0 Å². The fourth-order valence-corrected chi connectivity index (χ4v) is 3.28. The van der Waals surface area contributed by atoms with Crippen molar-refractivity contribution in [3.8, 4) is 5.75 Å². The molecule has 11 heteroatoms. The van der Waals surface area contributed by atoms with Gasteiger partial charge >= 0.3 is 6.61 Å². The molecule has 0 bridgehead atoms. The van der Waals surface area contributed by atoms with Gasteiger partial charge in [0, 0.05) is 19.6 Å². The average Bonchev–Trinajstić information content (AvgIpc) is 3.12. The van der Waals surface area contributed by atoms with Gasteiger partial charge in [0.2, 0.25) is 0 Å². The van der Waals surface area contributed by atoms with Crippen LogP contribution in [0.4, 0.5) is 20.2 Å². The van der Waals surface area contributed by atoms with Crippen LogP contribution in [0, 0.1) is 6.92 Å². The number of aromatic nitrogens is 2. The number of aryl methyl sites for hydroxylation is 2. The molecule has 1 aromatic carbocycles. The number of morpholine rings is 1. The van der Waals surface area contributed by atoms with Crippen molar-refractivity contribution in [2.24, 2.45) is 0 Å². The molecule has 0 saturated carbocycles. The number of benzene rings is 1. The lowest BCUT2D eigenvalue weighted by Crippen LogP contribution is -2.41. The second-order valence-corrected chi connectivity index (χ2v) is 6.99. The van der Waals surface area contributed by atoms with Crippen LogP contribution >= 0.6 is 12.2 Å². The van der Waals surface area contributed by atoms with Gasteiger partial charge in [-0.3, -0.25) is 9.48 Å². The standard InChI is InChI=1S/C19H23F2N5O3S/c1-3-26-16(17(27)25-6-8-28-9-7-25)14(11-22-26)24-19(30)23-13-5-4-12(2)10-15(13)29-18(20)21/h4-5,10-11,18H,3,6-9H2,1-2H3,(H2,23,24,30). The number of rotatable bonds is 6. The number of anilines is 2. The maximum Gasteiger partial charge on any atom is 0.387 e. The lowest BCUT2D eigenvalue weighted by atomic mass is 10.2. The quantitative estimate of drug-likeness (QED) is 0.670. The third-order valence-electron chi connectivity index (χ3n) is 4.49. The Bertz CT molecular complexity index is 916. The van der Waals surface area contributed by atoms with E-state index in [1.807, 2.05) is 6.92 Å². The highest BCUT2D eigenvalue weighted by Gasteiger charge is 2.25. The molecule has 2 N–H and O–H groups in total. The van der Waals surface area contributed by atoms with Gasteiger partial charge in [0.25, 0.3) is 5.91 Å². The molecule has 1 saturated heterocycles. The molecule has 30 heavy (non-hydrogen) atoms. The molecular weight excluding hydrogens is 416 g/mol. The van der Waals surface area contributed by atoms with Gasteiger partial charge in [0.1, 0.15) is 11.4 Å². The zero-order valence-electron chi connectivity index (χ0n) is 16.7. The molecule has 3 rings (SSSR count). The summed E-state index contributed by atoms with van der Waals surface area (Å²) in [6.07, 6.45) is 1.51. The molecule has 2 heterocycles. The zero-order valence-corrected chi connectivity index (χ0v) is 17.5. The third kappa shape index (κ3) is 5.22. The third-order valence-corrected chi connectivity index (χ3v) is 4.69. The van der Waals surface area contributed by atoms with Crippen LogP contribution in [0.5, 0.6) is 5.75 Å². The second-order valence-electron chi connectivity index (χ2n) is 6.58. The average molecular weight is 439 g/mol. The smallest absolute Gasteiger partial charge is 0.387 e. The Balaban J connectivity index is 1.78. The fourth-order valence-electron chi connectivity index (χ4n) is 3.06. The van der Waals surface area contributed by atoms with Crippen molar-refractivity contribution in [3.63, 3.8) is 0 Å². The first kappa shape index (κ1) is 21.9. The van der Waals surface area contributed by atoms with Crippen molar-refractivity contribution < 1.29 is 23.0 Å². The van der Waals surface area contributed by atoms with Gasteiger partial charge < -0.3 is 25.0 Å². The van der Waals surface area contributed by atoms with Crippen LogP contribution < -0.4 is 15.4 Å². The number of thiocarbonyl (C=S) groups is 1. The molecule has 8 nitrogen and oxygen atoms in total. The van der Waals surface area contributed by atoms with Crippen LogP contribution in [0.1, 0.15) is 23.0 Å².